The first-order valence-electron chi connectivity index (χ1n) is 12.7. The van der Waals surface area contributed by atoms with E-state index in [-0.39, 0.29) is 17.8 Å². The monoisotopic (exact) mass is 487 g/mol. The van der Waals surface area contributed by atoms with Crippen molar-refractivity contribution in [2.45, 2.75) is 43.9 Å². The molecule has 1 aromatic carbocycles. The van der Waals surface area contributed by atoms with Crippen molar-refractivity contribution in [2.75, 3.05) is 39.2 Å². The first kappa shape index (κ1) is 23.1. The summed E-state index contributed by atoms with van der Waals surface area (Å²) in [5, 5.41) is 9.79. The Bertz CT molecular complexity index is 1470. The Morgan fingerprint density at radius 1 is 1.06 bits per heavy atom. The van der Waals surface area contributed by atoms with Gasteiger partial charge in [-0.1, -0.05) is 6.07 Å². The Kier molecular flexibility index (Phi) is 5.76. The molecular weight excluding hydrogens is 454 g/mol. The number of aryl methyl sites for hydroxylation is 1. The van der Waals surface area contributed by atoms with E-state index in [4.69, 9.17) is 9.72 Å². The molecule has 2 fully saturated rings. The number of nitrogens with zero attached hydrogens (tertiary/aromatic N) is 7. The number of imidazole rings is 1. The summed E-state index contributed by atoms with van der Waals surface area (Å²) in [6, 6.07) is 11.1. The zero-order chi connectivity index (χ0) is 25.0. The van der Waals surface area contributed by atoms with Gasteiger partial charge in [0.25, 0.3) is 0 Å². The number of fused-ring (bicyclic) bond motifs is 3. The molecule has 0 amide bonds. The lowest BCUT2D eigenvalue weighted by Gasteiger charge is -2.21. The lowest BCUT2D eigenvalue weighted by atomic mass is 10.0. The van der Waals surface area contributed by atoms with Crippen LogP contribution in [0.3, 0.4) is 0 Å². The quantitative estimate of drug-likeness (QED) is 0.428. The molecule has 4 heterocycles. The first-order chi connectivity index (χ1) is 17.4. The lowest BCUT2D eigenvalue weighted by Crippen LogP contribution is -2.31. The van der Waals surface area contributed by atoms with E-state index in [0.29, 0.717) is 11.7 Å². The standard InChI is InChI=1S/C27H33N7O2/c1-31(2)20-11-12-33(16-20)24-10-6-18(15-28-24)17-5-9-23-22(13-17)25-26(30-29-23)32(3)27(35)34(25)19-7-8-21(14-19)36-4/h5-6,9-10,13,15,19-21H,7-8,11-12,14,16H2,1-4H3/t19-,20-,21-/m1/s1. The van der Waals surface area contributed by atoms with Crippen molar-refractivity contribution in [1.29, 1.82) is 0 Å². The van der Waals surface area contributed by atoms with E-state index in [1.54, 1.807) is 18.7 Å². The van der Waals surface area contributed by atoms with Crippen LogP contribution in [0.25, 0.3) is 33.2 Å². The van der Waals surface area contributed by atoms with Crippen LogP contribution < -0.4 is 10.6 Å². The van der Waals surface area contributed by atoms with E-state index < -0.39 is 0 Å². The van der Waals surface area contributed by atoms with Crippen LogP contribution in [-0.2, 0) is 11.8 Å². The summed E-state index contributed by atoms with van der Waals surface area (Å²) >= 11 is 0. The van der Waals surface area contributed by atoms with E-state index in [1.165, 1.54) is 0 Å². The number of pyridine rings is 1. The molecule has 0 spiro atoms. The third-order valence-electron chi connectivity index (χ3n) is 8.12. The lowest BCUT2D eigenvalue weighted by molar-refractivity contribution is 0.106. The van der Waals surface area contributed by atoms with Crippen LogP contribution in [0.1, 0.15) is 31.7 Å². The Balaban J connectivity index is 1.40. The number of rotatable bonds is 5. The van der Waals surface area contributed by atoms with Crippen LogP contribution in [0.15, 0.2) is 41.3 Å². The maximum absolute atomic E-state index is 13.3. The van der Waals surface area contributed by atoms with Crippen LogP contribution in [0.5, 0.6) is 0 Å². The molecular formula is C27H33N7O2. The number of hydrogen-bond donors (Lipinski definition) is 0. The number of likely N-dealkylation sites (N-methyl/N-ethyl adjacent to an activating group) is 1. The number of aromatic nitrogens is 5. The second kappa shape index (κ2) is 8.97. The van der Waals surface area contributed by atoms with E-state index in [9.17, 15) is 4.79 Å². The summed E-state index contributed by atoms with van der Waals surface area (Å²) < 4.78 is 9.12. The number of ether oxygens (including phenoxy) is 1. The highest BCUT2D eigenvalue weighted by Crippen LogP contribution is 2.35. The summed E-state index contributed by atoms with van der Waals surface area (Å²) in [4.78, 5) is 22.7. The highest BCUT2D eigenvalue weighted by Gasteiger charge is 2.30. The predicted octanol–water partition coefficient (Wildman–Crippen LogP) is 3.23. The van der Waals surface area contributed by atoms with Gasteiger partial charge in [0.05, 0.1) is 11.6 Å². The molecule has 3 atom stereocenters. The van der Waals surface area contributed by atoms with Gasteiger partial charge in [-0.2, -0.15) is 0 Å². The summed E-state index contributed by atoms with van der Waals surface area (Å²) in [6.45, 7) is 2.03. The third kappa shape index (κ3) is 3.77. The maximum atomic E-state index is 13.3. The predicted molar refractivity (Wildman–Crippen MR) is 141 cm³/mol. The molecule has 1 aliphatic carbocycles. The summed E-state index contributed by atoms with van der Waals surface area (Å²) in [5.41, 5.74) is 4.29. The minimum absolute atomic E-state index is 0.0494. The summed E-state index contributed by atoms with van der Waals surface area (Å²) in [5.74, 6) is 1.02. The topological polar surface area (TPSA) is 81.3 Å². The molecule has 0 bridgehead atoms. The average molecular weight is 488 g/mol. The van der Waals surface area contributed by atoms with E-state index in [0.717, 1.165) is 72.1 Å². The van der Waals surface area contributed by atoms with E-state index in [2.05, 4.69) is 58.4 Å². The maximum Gasteiger partial charge on any atom is 0.330 e. The third-order valence-corrected chi connectivity index (χ3v) is 8.12. The van der Waals surface area contributed by atoms with Gasteiger partial charge in [-0.05, 0) is 69.6 Å². The van der Waals surface area contributed by atoms with Gasteiger partial charge in [-0.3, -0.25) is 9.13 Å². The number of anilines is 1. The van der Waals surface area contributed by atoms with Crippen LogP contribution in [0, 0.1) is 0 Å². The smallest absolute Gasteiger partial charge is 0.330 e. The van der Waals surface area contributed by atoms with Gasteiger partial charge in [0.2, 0.25) is 0 Å². The molecule has 9 heteroatoms. The van der Waals surface area contributed by atoms with Gasteiger partial charge < -0.3 is 14.5 Å². The van der Waals surface area contributed by atoms with Gasteiger partial charge >= 0.3 is 5.69 Å². The second-order valence-electron chi connectivity index (χ2n) is 10.4. The van der Waals surface area contributed by atoms with Gasteiger partial charge in [0.1, 0.15) is 11.3 Å². The van der Waals surface area contributed by atoms with Crippen molar-refractivity contribution >= 4 is 27.9 Å². The highest BCUT2D eigenvalue weighted by atomic mass is 16.5. The molecule has 3 aromatic heterocycles. The largest absolute Gasteiger partial charge is 0.381 e. The summed E-state index contributed by atoms with van der Waals surface area (Å²) in [6.07, 6.45) is 5.98. The van der Waals surface area contributed by atoms with E-state index in [1.807, 2.05) is 16.8 Å². The van der Waals surface area contributed by atoms with Crippen molar-refractivity contribution in [3.63, 3.8) is 0 Å². The Labute approximate surface area is 210 Å². The molecule has 4 aromatic rings. The van der Waals surface area contributed by atoms with Gasteiger partial charge in [-0.25, -0.2) is 9.78 Å². The van der Waals surface area contributed by atoms with Crippen LogP contribution in [0.4, 0.5) is 5.82 Å². The highest BCUT2D eigenvalue weighted by molar-refractivity contribution is 6.02. The van der Waals surface area contributed by atoms with Gasteiger partial charge in [0.15, 0.2) is 5.65 Å². The van der Waals surface area contributed by atoms with Crippen molar-refractivity contribution in [3.05, 3.63) is 47.0 Å². The zero-order valence-corrected chi connectivity index (χ0v) is 21.4. The molecule has 2 aliphatic rings. The fourth-order valence-corrected chi connectivity index (χ4v) is 5.89. The Hall–Kier alpha value is -3.30. The number of benzene rings is 1. The molecule has 9 nitrogen and oxygen atoms in total. The SMILES string of the molecule is CO[C@@H]1CC[C@@H](n2c(=O)n(C)c3nnc4ccc(-c5ccc(N6CC[C@@H](N(C)C)C6)nc5)cc4c32)C1. The minimum Gasteiger partial charge on any atom is -0.381 e. The molecule has 188 valence electrons. The van der Waals surface area contributed by atoms with Crippen molar-refractivity contribution in [3.8, 4) is 11.1 Å². The normalized spacial score (nSPS) is 22.5. The first-order valence-corrected chi connectivity index (χ1v) is 12.7. The van der Waals surface area contributed by atoms with Gasteiger partial charge in [0, 0.05) is 56.5 Å². The molecule has 1 saturated carbocycles. The van der Waals surface area contributed by atoms with Crippen LogP contribution in [0.2, 0.25) is 0 Å². The summed E-state index contributed by atoms with van der Waals surface area (Å²) in [7, 11) is 7.80. The number of hydrogen-bond acceptors (Lipinski definition) is 7. The molecule has 36 heavy (non-hydrogen) atoms. The molecule has 0 radical (unpaired) electrons. The molecule has 1 aliphatic heterocycles. The van der Waals surface area contributed by atoms with Gasteiger partial charge in [-0.15, -0.1) is 10.2 Å². The number of methoxy groups -OCH3 is 1. The molecule has 6 rings (SSSR count). The minimum atomic E-state index is -0.0494. The van der Waals surface area contributed by atoms with Crippen molar-refractivity contribution in [1.82, 2.24) is 29.2 Å². The fraction of sp³-hybridized carbons (Fsp3) is 0.481. The average Bonchev–Trinajstić information content (AvgIpc) is 3.63. The Morgan fingerprint density at radius 2 is 1.89 bits per heavy atom. The van der Waals surface area contributed by atoms with Crippen molar-refractivity contribution < 1.29 is 4.74 Å². The van der Waals surface area contributed by atoms with Crippen molar-refractivity contribution in [2.24, 2.45) is 7.05 Å². The fourth-order valence-electron chi connectivity index (χ4n) is 5.89. The molecule has 0 unspecified atom stereocenters. The van der Waals surface area contributed by atoms with E-state index >= 15 is 0 Å². The van der Waals surface area contributed by atoms with Crippen LogP contribution >= 0.6 is 0 Å². The molecule has 1 saturated heterocycles. The van der Waals surface area contributed by atoms with Crippen LogP contribution in [-0.4, -0.2) is 75.7 Å². The second-order valence-corrected chi connectivity index (χ2v) is 10.4. The Morgan fingerprint density at radius 3 is 2.58 bits per heavy atom. The molecule has 0 N–H and O–H groups in total. The zero-order valence-electron chi connectivity index (χ0n) is 21.4.